The van der Waals surface area contributed by atoms with E-state index in [1.165, 1.54) is 28.2 Å². The van der Waals surface area contributed by atoms with Crippen LogP contribution in [0.4, 0.5) is 5.69 Å². The second kappa shape index (κ2) is 7.80. The normalized spacial score (nSPS) is 13.2. The van der Waals surface area contributed by atoms with Crippen LogP contribution in [0.2, 0.25) is 0 Å². The maximum Gasteiger partial charge on any atom is 0.283 e. The number of aromatic nitrogens is 2. The van der Waals surface area contributed by atoms with Crippen molar-refractivity contribution in [3.8, 4) is 6.07 Å². The van der Waals surface area contributed by atoms with Crippen LogP contribution in [0.1, 0.15) is 18.1 Å². The van der Waals surface area contributed by atoms with Crippen LogP contribution in [0.25, 0.3) is 0 Å². The summed E-state index contributed by atoms with van der Waals surface area (Å²) in [6.07, 6.45) is 1.67. The van der Waals surface area contributed by atoms with E-state index in [0.717, 1.165) is 19.2 Å². The summed E-state index contributed by atoms with van der Waals surface area (Å²) in [5, 5.41) is 19.6. The zero-order valence-corrected chi connectivity index (χ0v) is 17.4. The molecule has 128 valence electrons. The Labute approximate surface area is 167 Å². The van der Waals surface area contributed by atoms with E-state index in [1.807, 2.05) is 32.2 Å². The van der Waals surface area contributed by atoms with E-state index in [9.17, 15) is 10.1 Å². The summed E-state index contributed by atoms with van der Waals surface area (Å²) in [6.45, 7) is 2.42. The molecule has 0 amide bonds. The lowest BCUT2D eigenvalue weighted by Gasteiger charge is -2.23. The quantitative estimate of drug-likeness (QED) is 0.623. The van der Waals surface area contributed by atoms with Crippen LogP contribution < -0.4 is 10.6 Å². The highest BCUT2D eigenvalue weighted by atomic mass is 127. The van der Waals surface area contributed by atoms with Crippen molar-refractivity contribution < 1.29 is 0 Å². The van der Waals surface area contributed by atoms with Crippen LogP contribution >= 0.6 is 46.1 Å². The Morgan fingerprint density at radius 2 is 2.24 bits per heavy atom. The first-order valence-corrected chi connectivity index (χ1v) is 10.3. The number of nitriles is 1. The monoisotopic (exact) mass is 483 g/mol. The number of anilines is 1. The summed E-state index contributed by atoms with van der Waals surface area (Å²) < 4.78 is 3.26. The lowest BCUT2D eigenvalue weighted by molar-refractivity contribution is 0.601. The predicted molar refractivity (Wildman–Crippen MR) is 111 cm³/mol. The molecule has 1 aromatic carbocycles. The van der Waals surface area contributed by atoms with Gasteiger partial charge in [-0.2, -0.15) is 15.5 Å². The minimum absolute atomic E-state index is 0.100. The predicted octanol–water partition coefficient (Wildman–Crippen LogP) is 3.49. The van der Waals surface area contributed by atoms with Gasteiger partial charge in [-0.25, -0.2) is 4.68 Å². The molecule has 0 spiro atoms. The summed E-state index contributed by atoms with van der Waals surface area (Å²) >= 11 is 5.09. The Balaban J connectivity index is 1.82. The van der Waals surface area contributed by atoms with Gasteiger partial charge in [-0.3, -0.25) is 9.80 Å². The molecule has 1 aromatic heterocycles. The topological polar surface area (TPSA) is 74.3 Å². The fourth-order valence-corrected chi connectivity index (χ4v) is 4.96. The molecule has 6 nitrogen and oxygen atoms in total. The van der Waals surface area contributed by atoms with Crippen LogP contribution in [0.5, 0.6) is 0 Å². The molecule has 0 saturated heterocycles. The first-order valence-electron chi connectivity index (χ1n) is 7.45. The molecule has 1 aliphatic heterocycles. The van der Waals surface area contributed by atoms with Crippen molar-refractivity contribution in [2.45, 2.75) is 24.1 Å². The molecule has 3 rings (SSSR count). The number of hydrogen-bond acceptors (Lipinski definition) is 7. The number of thioether (sulfide) groups is 2. The van der Waals surface area contributed by atoms with Gasteiger partial charge in [-0.15, -0.1) is 0 Å². The zero-order chi connectivity index (χ0) is 18.0. The summed E-state index contributed by atoms with van der Waals surface area (Å²) in [6, 6.07) is 8.06. The molecular weight excluding hydrogens is 469 g/mol. The third-order valence-corrected chi connectivity index (χ3v) is 6.50. The number of hydrogen-bond donors (Lipinski definition) is 0. The number of benzene rings is 1. The molecular formula is C16H14IN5OS2. The molecule has 2 heterocycles. The van der Waals surface area contributed by atoms with Crippen LogP contribution in [0.15, 0.2) is 39.2 Å². The molecule has 0 bridgehead atoms. The maximum atomic E-state index is 12.5. The van der Waals surface area contributed by atoms with Gasteiger partial charge in [0.25, 0.3) is 5.56 Å². The SMILES string of the molecule is CCn1ncc2c(c1=O)SC(SCc1ccc(I)cc1C#N)=NN2C. The average Bonchev–Trinajstić information content (AvgIpc) is 2.61. The Bertz CT molecular complexity index is 951. The first-order chi connectivity index (χ1) is 12.0. The third-order valence-electron chi connectivity index (χ3n) is 3.59. The number of aryl methyl sites for hydroxylation is 1. The molecule has 1 aliphatic rings. The summed E-state index contributed by atoms with van der Waals surface area (Å²) in [5.74, 6) is 0.627. The van der Waals surface area contributed by atoms with Crippen molar-refractivity contribution >= 4 is 56.2 Å². The van der Waals surface area contributed by atoms with Gasteiger partial charge in [-0.05, 0) is 47.2 Å². The van der Waals surface area contributed by atoms with Crippen molar-refractivity contribution in [1.82, 2.24) is 9.78 Å². The van der Waals surface area contributed by atoms with Crippen molar-refractivity contribution in [2.75, 3.05) is 12.1 Å². The van der Waals surface area contributed by atoms with E-state index in [-0.39, 0.29) is 5.56 Å². The molecule has 0 aliphatic carbocycles. The molecule has 2 aromatic rings. The molecule has 0 fully saturated rings. The average molecular weight is 483 g/mol. The fraction of sp³-hybridized carbons (Fsp3) is 0.250. The van der Waals surface area contributed by atoms with Gasteiger partial charge in [0.1, 0.15) is 4.90 Å². The lowest BCUT2D eigenvalue weighted by Crippen LogP contribution is -2.28. The second-order valence-electron chi connectivity index (χ2n) is 5.17. The van der Waals surface area contributed by atoms with Gasteiger partial charge < -0.3 is 0 Å². The summed E-state index contributed by atoms with van der Waals surface area (Å²) in [5.41, 5.74) is 2.25. The van der Waals surface area contributed by atoms with Crippen LogP contribution in [-0.2, 0) is 12.3 Å². The van der Waals surface area contributed by atoms with Gasteiger partial charge in [0.2, 0.25) is 0 Å². The molecule has 0 unspecified atom stereocenters. The van der Waals surface area contributed by atoms with E-state index >= 15 is 0 Å². The minimum atomic E-state index is -0.100. The largest absolute Gasteiger partial charge is 0.283 e. The van der Waals surface area contributed by atoms with Crippen molar-refractivity contribution in [1.29, 1.82) is 5.26 Å². The van der Waals surface area contributed by atoms with E-state index < -0.39 is 0 Å². The van der Waals surface area contributed by atoms with Crippen molar-refractivity contribution in [2.24, 2.45) is 5.10 Å². The smallest absolute Gasteiger partial charge is 0.266 e. The first kappa shape index (κ1) is 18.3. The Morgan fingerprint density at radius 3 is 2.96 bits per heavy atom. The number of halogens is 1. The fourth-order valence-electron chi connectivity index (χ4n) is 2.27. The van der Waals surface area contributed by atoms with E-state index in [1.54, 1.807) is 11.2 Å². The summed E-state index contributed by atoms with van der Waals surface area (Å²) in [4.78, 5) is 13.1. The third kappa shape index (κ3) is 3.86. The van der Waals surface area contributed by atoms with Crippen molar-refractivity contribution in [3.63, 3.8) is 0 Å². The Kier molecular flexibility index (Phi) is 5.71. The number of hydrazone groups is 1. The molecule has 9 heteroatoms. The highest BCUT2D eigenvalue weighted by Crippen LogP contribution is 2.36. The number of rotatable bonds is 3. The van der Waals surface area contributed by atoms with Crippen LogP contribution in [0, 0.1) is 14.9 Å². The molecule has 0 radical (unpaired) electrons. The van der Waals surface area contributed by atoms with Gasteiger partial charge >= 0.3 is 0 Å². The Hall–Kier alpha value is -1.51. The standard InChI is InChI=1S/C16H14IN5OS2/c1-3-22-15(23)14-13(8-19-22)21(2)20-16(25-14)24-9-10-4-5-12(17)6-11(10)7-18/h4-6,8H,3,9H2,1-2H3. The van der Waals surface area contributed by atoms with Gasteiger partial charge in [0.05, 0.1) is 23.5 Å². The van der Waals surface area contributed by atoms with Crippen molar-refractivity contribution in [3.05, 3.63) is 49.4 Å². The molecule has 25 heavy (non-hydrogen) atoms. The Morgan fingerprint density at radius 1 is 1.44 bits per heavy atom. The van der Waals surface area contributed by atoms with Gasteiger partial charge in [0.15, 0.2) is 4.38 Å². The van der Waals surface area contributed by atoms with Crippen LogP contribution in [0.3, 0.4) is 0 Å². The van der Waals surface area contributed by atoms with Gasteiger partial charge in [0, 0.05) is 22.9 Å². The zero-order valence-electron chi connectivity index (χ0n) is 13.6. The minimum Gasteiger partial charge on any atom is -0.266 e. The summed E-state index contributed by atoms with van der Waals surface area (Å²) in [7, 11) is 1.81. The highest BCUT2D eigenvalue weighted by Gasteiger charge is 2.23. The molecule has 0 atom stereocenters. The lowest BCUT2D eigenvalue weighted by atomic mass is 10.1. The highest BCUT2D eigenvalue weighted by molar-refractivity contribution is 14.1. The van der Waals surface area contributed by atoms with Crippen LogP contribution in [-0.4, -0.2) is 21.2 Å². The maximum absolute atomic E-state index is 12.5. The van der Waals surface area contributed by atoms with E-state index in [0.29, 0.717) is 22.8 Å². The van der Waals surface area contributed by atoms with E-state index in [4.69, 9.17) is 0 Å². The number of nitrogens with zero attached hydrogens (tertiary/aromatic N) is 5. The molecule has 0 N–H and O–H groups in total. The van der Waals surface area contributed by atoms with E-state index in [2.05, 4.69) is 38.9 Å². The molecule has 0 saturated carbocycles. The number of fused-ring (bicyclic) bond motifs is 1. The van der Waals surface area contributed by atoms with Gasteiger partial charge in [-0.1, -0.05) is 29.6 Å². The second-order valence-corrected chi connectivity index (χ2v) is 8.64.